The Morgan fingerprint density at radius 2 is 1.78 bits per heavy atom. The molecule has 9 heteroatoms. The number of aromatic amines is 1. The fourth-order valence-electron chi connectivity index (χ4n) is 5.41. The van der Waals surface area contributed by atoms with Gasteiger partial charge in [-0.15, -0.1) is 12.8 Å². The molecule has 3 fully saturated rings. The summed E-state index contributed by atoms with van der Waals surface area (Å²) in [5.41, 5.74) is 4.34. The number of piperidine rings is 1. The first-order chi connectivity index (χ1) is 21.4. The molecule has 2 aliphatic carbocycles. The Kier molecular flexibility index (Phi) is 20.5. The number of nitrogens with one attached hydrogen (secondary N) is 4. The number of halogens is 1. The van der Waals surface area contributed by atoms with E-state index in [-0.39, 0.29) is 17.9 Å². The van der Waals surface area contributed by atoms with Gasteiger partial charge in [-0.2, -0.15) is 5.10 Å². The maximum atomic E-state index is 14.8. The van der Waals surface area contributed by atoms with E-state index in [1.54, 1.807) is 20.8 Å². The van der Waals surface area contributed by atoms with Crippen LogP contribution in [-0.2, 0) is 11.8 Å². The molecule has 0 bridgehead atoms. The molecule has 45 heavy (non-hydrogen) atoms. The molecule has 2 saturated carbocycles. The van der Waals surface area contributed by atoms with Crippen molar-refractivity contribution >= 4 is 17.3 Å². The van der Waals surface area contributed by atoms with Crippen LogP contribution in [0.25, 0.3) is 5.70 Å². The number of aromatic nitrogens is 4. The molecule has 254 valence electrons. The fourth-order valence-corrected chi connectivity index (χ4v) is 5.41. The van der Waals surface area contributed by atoms with Crippen LogP contribution in [0.5, 0.6) is 0 Å². The summed E-state index contributed by atoms with van der Waals surface area (Å²) in [6, 6.07) is 2.09. The van der Waals surface area contributed by atoms with Crippen molar-refractivity contribution < 1.29 is 9.18 Å². The first kappa shape index (κ1) is 41.6. The van der Waals surface area contributed by atoms with Crippen LogP contribution in [-0.4, -0.2) is 43.6 Å². The van der Waals surface area contributed by atoms with Crippen LogP contribution >= 0.6 is 0 Å². The number of carbonyl (C=O) groups is 1. The molecule has 5 rings (SSSR count). The van der Waals surface area contributed by atoms with Gasteiger partial charge < -0.3 is 21.0 Å². The van der Waals surface area contributed by atoms with Crippen molar-refractivity contribution in [2.45, 2.75) is 132 Å². The highest BCUT2D eigenvalue weighted by molar-refractivity contribution is 5.76. The van der Waals surface area contributed by atoms with E-state index in [1.165, 1.54) is 17.7 Å². The Balaban J connectivity index is 0.000000891. The SMILES string of the molecule is C#C.CC.CC.CC(C)=N.C[C@H]1CCC(=O)NC1.Cc1ncc(C(NC(=C2CCC2)c2ccnn2C)[C@H]2CCCC(C)(F)C2)[nH]1. The lowest BCUT2D eigenvalue weighted by Gasteiger charge is -2.38. The molecule has 3 aliphatic rings. The Morgan fingerprint density at radius 3 is 2.18 bits per heavy atom. The van der Waals surface area contributed by atoms with Crippen LogP contribution < -0.4 is 10.6 Å². The van der Waals surface area contributed by atoms with E-state index in [0.29, 0.717) is 24.5 Å². The van der Waals surface area contributed by atoms with Crippen molar-refractivity contribution in [2.75, 3.05) is 6.54 Å². The predicted molar refractivity (Wildman–Crippen MR) is 188 cm³/mol. The highest BCUT2D eigenvalue weighted by Crippen LogP contribution is 2.42. The van der Waals surface area contributed by atoms with E-state index in [2.05, 4.69) is 51.5 Å². The van der Waals surface area contributed by atoms with E-state index >= 15 is 0 Å². The third-order valence-electron chi connectivity index (χ3n) is 7.69. The number of H-pyrrole nitrogens is 1. The standard InChI is InChI=1S/C21H30FN5.C6H11NO.C3H7N.2C2H6.C2H2/c1-14-23-13-17(25-14)19(16-8-5-10-21(2,22)12-16)26-20(15-6-4-7-15)18-9-11-24-27(18)3;1-5-2-3-6(8)7-4-5;1-3(2)4;3*1-2/h9,11,13,16,19,26H,4-8,10,12H2,1-3H3,(H,23,25);5H,2-4H2,1H3,(H,7,8);4H,1-2H3;2*1-2H3;1-2H/t16-,19?,21?;5-;;;;/m00..../s1. The van der Waals surface area contributed by atoms with Gasteiger partial charge in [-0.1, -0.05) is 34.6 Å². The second-order valence-corrected chi connectivity index (χ2v) is 11.9. The number of hydrogen-bond acceptors (Lipinski definition) is 5. The number of amides is 1. The number of rotatable bonds is 5. The maximum Gasteiger partial charge on any atom is 0.220 e. The number of terminal acetylenes is 1. The number of imidazole rings is 1. The van der Waals surface area contributed by atoms with Crippen LogP contribution in [0.4, 0.5) is 4.39 Å². The minimum atomic E-state index is -1.09. The molecule has 1 amide bonds. The predicted octanol–water partition coefficient (Wildman–Crippen LogP) is 8.48. The topological polar surface area (TPSA) is 111 Å². The molecule has 2 unspecified atom stereocenters. The van der Waals surface area contributed by atoms with Crippen LogP contribution in [0.2, 0.25) is 0 Å². The van der Waals surface area contributed by atoms with Crippen LogP contribution in [0.15, 0.2) is 24.0 Å². The van der Waals surface area contributed by atoms with E-state index in [1.807, 2.05) is 58.7 Å². The zero-order chi connectivity index (χ0) is 34.6. The molecular formula is C36H62FN7O. The van der Waals surface area contributed by atoms with E-state index in [0.717, 1.165) is 62.3 Å². The molecule has 1 saturated heterocycles. The summed E-state index contributed by atoms with van der Waals surface area (Å²) < 4.78 is 16.8. The molecule has 0 radical (unpaired) electrons. The van der Waals surface area contributed by atoms with Crippen LogP contribution in [0.3, 0.4) is 0 Å². The number of nitrogens with zero attached hydrogens (tertiary/aromatic N) is 3. The van der Waals surface area contributed by atoms with Crippen molar-refractivity contribution in [1.82, 2.24) is 30.4 Å². The molecule has 4 N–H and O–H groups in total. The number of allylic oxidation sites excluding steroid dienone is 1. The average Bonchev–Trinajstić information content (AvgIpc) is 3.62. The third kappa shape index (κ3) is 14.9. The zero-order valence-electron chi connectivity index (χ0n) is 29.8. The van der Waals surface area contributed by atoms with E-state index in [4.69, 9.17) is 5.41 Å². The fraction of sp³-hybridized carbons (Fsp3) is 0.667. The van der Waals surface area contributed by atoms with Gasteiger partial charge in [0.05, 0.1) is 29.3 Å². The van der Waals surface area contributed by atoms with Gasteiger partial charge in [-0.25, -0.2) is 9.37 Å². The molecule has 0 spiro atoms. The number of hydrogen-bond donors (Lipinski definition) is 4. The molecule has 4 atom stereocenters. The lowest BCUT2D eigenvalue weighted by atomic mass is 9.76. The lowest BCUT2D eigenvalue weighted by molar-refractivity contribution is -0.122. The summed E-state index contributed by atoms with van der Waals surface area (Å²) in [6.07, 6.45) is 20.2. The highest BCUT2D eigenvalue weighted by Gasteiger charge is 2.38. The second-order valence-electron chi connectivity index (χ2n) is 11.9. The summed E-state index contributed by atoms with van der Waals surface area (Å²) in [6.45, 7) is 18.2. The second kappa shape index (κ2) is 22.2. The van der Waals surface area contributed by atoms with Gasteiger partial charge in [0.15, 0.2) is 0 Å². The molecule has 2 aromatic heterocycles. The smallest absolute Gasteiger partial charge is 0.220 e. The van der Waals surface area contributed by atoms with E-state index in [9.17, 15) is 9.18 Å². The molecule has 2 aromatic rings. The first-order valence-electron chi connectivity index (χ1n) is 16.7. The van der Waals surface area contributed by atoms with Gasteiger partial charge >= 0.3 is 0 Å². The van der Waals surface area contributed by atoms with Crippen LogP contribution in [0, 0.1) is 37.0 Å². The number of alkyl halides is 1. The zero-order valence-corrected chi connectivity index (χ0v) is 29.8. The summed E-state index contributed by atoms with van der Waals surface area (Å²) in [5.74, 6) is 2.03. The summed E-state index contributed by atoms with van der Waals surface area (Å²) in [4.78, 5) is 18.3. The Morgan fingerprint density at radius 1 is 1.16 bits per heavy atom. The number of aryl methyl sites for hydroxylation is 2. The Labute approximate surface area is 273 Å². The van der Waals surface area contributed by atoms with Gasteiger partial charge in [0.25, 0.3) is 0 Å². The van der Waals surface area contributed by atoms with Crippen molar-refractivity contribution in [1.29, 1.82) is 5.41 Å². The molecule has 3 heterocycles. The summed E-state index contributed by atoms with van der Waals surface area (Å²) in [7, 11) is 1.98. The highest BCUT2D eigenvalue weighted by atomic mass is 19.1. The third-order valence-corrected chi connectivity index (χ3v) is 7.69. The minimum absolute atomic E-state index is 0.0274. The average molecular weight is 628 g/mol. The van der Waals surface area contributed by atoms with Gasteiger partial charge in [-0.3, -0.25) is 9.48 Å². The lowest BCUT2D eigenvalue weighted by Crippen LogP contribution is -2.36. The Bertz CT molecular complexity index is 1160. The maximum absolute atomic E-state index is 14.8. The molecular weight excluding hydrogens is 565 g/mol. The monoisotopic (exact) mass is 627 g/mol. The van der Waals surface area contributed by atoms with Crippen molar-refractivity contribution in [3.05, 3.63) is 41.2 Å². The van der Waals surface area contributed by atoms with Gasteiger partial charge in [0.1, 0.15) is 11.5 Å². The molecule has 1 aliphatic heterocycles. The van der Waals surface area contributed by atoms with Gasteiger partial charge in [-0.05, 0) is 103 Å². The van der Waals surface area contributed by atoms with Crippen molar-refractivity contribution in [2.24, 2.45) is 18.9 Å². The molecule has 8 nitrogen and oxygen atoms in total. The minimum Gasteiger partial charge on any atom is -0.375 e. The summed E-state index contributed by atoms with van der Waals surface area (Å²) in [5, 5.41) is 17.5. The van der Waals surface area contributed by atoms with Gasteiger partial charge in [0.2, 0.25) is 5.91 Å². The van der Waals surface area contributed by atoms with Crippen LogP contribution in [0.1, 0.15) is 136 Å². The summed E-state index contributed by atoms with van der Waals surface area (Å²) >= 11 is 0. The van der Waals surface area contributed by atoms with E-state index < -0.39 is 5.67 Å². The number of carbonyl (C=O) groups excluding carboxylic acids is 1. The Hall–Kier alpha value is -3.41. The molecule has 0 aromatic carbocycles. The van der Waals surface area contributed by atoms with Crippen molar-refractivity contribution in [3.63, 3.8) is 0 Å². The first-order valence-corrected chi connectivity index (χ1v) is 16.7. The van der Waals surface area contributed by atoms with Crippen molar-refractivity contribution in [3.8, 4) is 12.8 Å². The quantitative estimate of drug-likeness (QED) is 0.197. The van der Waals surface area contributed by atoms with Gasteiger partial charge in [0, 0.05) is 31.9 Å². The normalized spacial score (nSPS) is 22.1. The largest absolute Gasteiger partial charge is 0.375 e.